The van der Waals surface area contributed by atoms with Gasteiger partial charge in [0.2, 0.25) is 5.95 Å². The maximum atomic E-state index is 8.44. The molecule has 1 heterocycles. The molecule has 0 bridgehead atoms. The number of aromatic nitrogens is 2. The first-order valence-electron chi connectivity index (χ1n) is 4.01. The first kappa shape index (κ1) is 10.7. The highest BCUT2D eigenvalue weighted by atomic mass is 79.9. The molecule has 2 N–H and O–H groups in total. The van der Waals surface area contributed by atoms with E-state index >= 15 is 0 Å². The molecule has 0 aliphatic heterocycles. The van der Waals surface area contributed by atoms with Crippen LogP contribution in [0.4, 0.5) is 11.8 Å². The van der Waals surface area contributed by atoms with E-state index in [0.29, 0.717) is 18.8 Å². The van der Waals surface area contributed by atoms with Crippen LogP contribution < -0.4 is 10.6 Å². The fourth-order valence-corrected chi connectivity index (χ4v) is 1.46. The number of nitrogens with zero attached hydrogens (tertiary/aromatic N) is 4. The fraction of sp³-hybridized carbons (Fsp3) is 0.375. The van der Waals surface area contributed by atoms with Gasteiger partial charge in [0.15, 0.2) is 0 Å². The highest BCUT2D eigenvalue weighted by molar-refractivity contribution is 9.10. The minimum atomic E-state index is 0.229. The van der Waals surface area contributed by atoms with Gasteiger partial charge in [0.1, 0.15) is 5.82 Å². The first-order chi connectivity index (χ1) is 6.65. The van der Waals surface area contributed by atoms with Crippen LogP contribution in [0.25, 0.3) is 0 Å². The molecule has 0 fully saturated rings. The lowest BCUT2D eigenvalue weighted by Crippen LogP contribution is -2.20. The third kappa shape index (κ3) is 2.57. The number of nitrogens with two attached hydrogens (primary N) is 1. The molecule has 0 atom stereocenters. The van der Waals surface area contributed by atoms with Gasteiger partial charge < -0.3 is 10.6 Å². The highest BCUT2D eigenvalue weighted by Crippen LogP contribution is 2.22. The van der Waals surface area contributed by atoms with E-state index in [1.54, 1.807) is 6.20 Å². The number of nitriles is 1. The smallest absolute Gasteiger partial charge is 0.222 e. The van der Waals surface area contributed by atoms with Crippen molar-refractivity contribution < 1.29 is 0 Å². The Hall–Kier alpha value is -1.35. The van der Waals surface area contributed by atoms with E-state index < -0.39 is 0 Å². The van der Waals surface area contributed by atoms with Crippen molar-refractivity contribution in [1.29, 1.82) is 5.26 Å². The summed E-state index contributed by atoms with van der Waals surface area (Å²) >= 11 is 3.32. The van der Waals surface area contributed by atoms with Crippen LogP contribution in [-0.4, -0.2) is 23.6 Å². The van der Waals surface area contributed by atoms with Gasteiger partial charge in [-0.15, -0.1) is 0 Å². The molecule has 5 nitrogen and oxygen atoms in total. The molecule has 1 aromatic rings. The lowest BCUT2D eigenvalue weighted by atomic mass is 10.4. The predicted octanol–water partition coefficient (Wildman–Crippen LogP) is 1.17. The summed E-state index contributed by atoms with van der Waals surface area (Å²) in [5, 5.41) is 8.44. The Kier molecular flexibility index (Phi) is 3.65. The monoisotopic (exact) mass is 255 g/mol. The Morgan fingerprint density at radius 1 is 1.71 bits per heavy atom. The number of anilines is 2. The van der Waals surface area contributed by atoms with Crippen molar-refractivity contribution in [2.75, 3.05) is 24.2 Å². The van der Waals surface area contributed by atoms with Crippen LogP contribution in [0.1, 0.15) is 6.42 Å². The molecule has 0 radical (unpaired) electrons. The largest absolute Gasteiger partial charge is 0.368 e. The third-order valence-corrected chi connectivity index (χ3v) is 2.22. The molecule has 0 aliphatic carbocycles. The van der Waals surface area contributed by atoms with Crippen LogP contribution in [0.15, 0.2) is 10.7 Å². The molecule has 14 heavy (non-hydrogen) atoms. The summed E-state index contributed by atoms with van der Waals surface area (Å²) in [4.78, 5) is 9.74. The molecule has 74 valence electrons. The van der Waals surface area contributed by atoms with Crippen LogP contribution in [-0.2, 0) is 0 Å². The zero-order valence-electron chi connectivity index (χ0n) is 7.74. The quantitative estimate of drug-likeness (QED) is 0.878. The number of nitrogen functional groups attached to an aromatic ring is 1. The Bertz CT molecular complexity index is 359. The van der Waals surface area contributed by atoms with E-state index in [1.807, 2.05) is 11.9 Å². The molecule has 1 aromatic heterocycles. The summed E-state index contributed by atoms with van der Waals surface area (Å²) in [6.07, 6.45) is 2.05. The summed E-state index contributed by atoms with van der Waals surface area (Å²) in [6.45, 7) is 0.617. The average Bonchev–Trinajstić information content (AvgIpc) is 2.18. The van der Waals surface area contributed by atoms with Crippen LogP contribution in [0.2, 0.25) is 0 Å². The maximum Gasteiger partial charge on any atom is 0.222 e. The van der Waals surface area contributed by atoms with E-state index in [2.05, 4.69) is 32.0 Å². The molecule has 1 rings (SSSR count). The van der Waals surface area contributed by atoms with Crippen LogP contribution in [0, 0.1) is 11.3 Å². The van der Waals surface area contributed by atoms with E-state index in [0.717, 1.165) is 4.47 Å². The Morgan fingerprint density at radius 3 is 3.07 bits per heavy atom. The van der Waals surface area contributed by atoms with Gasteiger partial charge in [0, 0.05) is 19.8 Å². The minimum absolute atomic E-state index is 0.229. The number of rotatable bonds is 3. The average molecular weight is 256 g/mol. The van der Waals surface area contributed by atoms with E-state index in [1.165, 1.54) is 0 Å². The van der Waals surface area contributed by atoms with Gasteiger partial charge in [-0.25, -0.2) is 4.98 Å². The summed E-state index contributed by atoms with van der Waals surface area (Å²) in [5.41, 5.74) is 5.46. The van der Waals surface area contributed by atoms with Crippen molar-refractivity contribution >= 4 is 27.7 Å². The SMILES string of the molecule is CN(CCC#N)c1nc(N)ncc1Br. The molecule has 0 aliphatic rings. The van der Waals surface area contributed by atoms with Crippen molar-refractivity contribution in [3.63, 3.8) is 0 Å². The van der Waals surface area contributed by atoms with E-state index in [9.17, 15) is 0 Å². The molecule has 0 aromatic carbocycles. The molecule has 0 unspecified atom stereocenters. The minimum Gasteiger partial charge on any atom is -0.368 e. The van der Waals surface area contributed by atoms with Gasteiger partial charge in [-0.2, -0.15) is 10.2 Å². The van der Waals surface area contributed by atoms with Gasteiger partial charge in [0.25, 0.3) is 0 Å². The molecular formula is C8H10BrN5. The second kappa shape index (κ2) is 4.77. The lowest BCUT2D eigenvalue weighted by Gasteiger charge is -2.17. The van der Waals surface area contributed by atoms with E-state index in [4.69, 9.17) is 11.0 Å². The number of halogens is 1. The number of hydrogen-bond donors (Lipinski definition) is 1. The van der Waals surface area contributed by atoms with Gasteiger partial charge in [0.05, 0.1) is 17.0 Å². The van der Waals surface area contributed by atoms with Crippen LogP contribution in [0.5, 0.6) is 0 Å². The van der Waals surface area contributed by atoms with Gasteiger partial charge in [-0.3, -0.25) is 0 Å². The van der Waals surface area contributed by atoms with E-state index in [-0.39, 0.29) is 5.95 Å². The Labute approximate surface area is 90.7 Å². The Morgan fingerprint density at radius 2 is 2.43 bits per heavy atom. The summed E-state index contributed by atoms with van der Waals surface area (Å²) in [7, 11) is 1.85. The van der Waals surface area contributed by atoms with Crippen molar-refractivity contribution in [2.45, 2.75) is 6.42 Å². The standard InChI is InChI=1S/C8H10BrN5/c1-14(4-2-3-10)7-6(9)5-12-8(11)13-7/h5H,2,4H2,1H3,(H2,11,12,13). The predicted molar refractivity (Wildman–Crippen MR) is 57.6 cm³/mol. The number of hydrogen-bond acceptors (Lipinski definition) is 5. The van der Waals surface area contributed by atoms with Crippen molar-refractivity contribution in [3.05, 3.63) is 10.7 Å². The zero-order chi connectivity index (χ0) is 10.6. The van der Waals surface area contributed by atoms with Crippen molar-refractivity contribution in [2.24, 2.45) is 0 Å². The molecule has 0 saturated heterocycles. The van der Waals surface area contributed by atoms with Crippen molar-refractivity contribution in [1.82, 2.24) is 9.97 Å². The maximum absolute atomic E-state index is 8.44. The lowest BCUT2D eigenvalue weighted by molar-refractivity contribution is 0.877. The Balaban J connectivity index is 2.83. The van der Waals surface area contributed by atoms with Crippen LogP contribution >= 0.6 is 15.9 Å². The van der Waals surface area contributed by atoms with Gasteiger partial charge in [-0.05, 0) is 15.9 Å². The van der Waals surface area contributed by atoms with Gasteiger partial charge in [-0.1, -0.05) is 0 Å². The van der Waals surface area contributed by atoms with Gasteiger partial charge >= 0.3 is 0 Å². The zero-order valence-corrected chi connectivity index (χ0v) is 9.32. The molecule has 0 spiro atoms. The normalized spacial score (nSPS) is 9.50. The molecule has 0 saturated carbocycles. The third-order valence-electron chi connectivity index (χ3n) is 1.66. The fourth-order valence-electron chi connectivity index (χ4n) is 0.963. The summed E-state index contributed by atoms with van der Waals surface area (Å²) < 4.78 is 0.770. The highest BCUT2D eigenvalue weighted by Gasteiger charge is 2.07. The molecule has 0 amide bonds. The second-order valence-corrected chi connectivity index (χ2v) is 3.58. The summed E-state index contributed by atoms with van der Waals surface area (Å²) in [6, 6.07) is 2.07. The first-order valence-corrected chi connectivity index (χ1v) is 4.80. The van der Waals surface area contributed by atoms with Crippen LogP contribution in [0.3, 0.4) is 0 Å². The molecule has 6 heteroatoms. The summed E-state index contributed by atoms with van der Waals surface area (Å²) in [5.74, 6) is 0.930. The second-order valence-electron chi connectivity index (χ2n) is 2.73. The topological polar surface area (TPSA) is 78.8 Å². The van der Waals surface area contributed by atoms with Crippen molar-refractivity contribution in [3.8, 4) is 6.07 Å². The molecular weight excluding hydrogens is 246 g/mol.